The lowest BCUT2D eigenvalue weighted by Gasteiger charge is -2.45. The van der Waals surface area contributed by atoms with E-state index in [9.17, 15) is 14.4 Å². The fourth-order valence-electron chi connectivity index (χ4n) is 6.88. The molecule has 1 saturated heterocycles. The summed E-state index contributed by atoms with van der Waals surface area (Å²) in [5.41, 5.74) is 5.12. The summed E-state index contributed by atoms with van der Waals surface area (Å²) in [4.78, 5) is 42.5. The molecule has 2 bridgehead atoms. The van der Waals surface area contributed by atoms with Gasteiger partial charge in [-0.05, 0) is 40.8 Å². The molecule has 3 aromatic carbocycles. The summed E-state index contributed by atoms with van der Waals surface area (Å²) < 4.78 is 5.59. The highest BCUT2D eigenvalue weighted by atomic mass is 16.5. The van der Waals surface area contributed by atoms with Crippen molar-refractivity contribution in [2.24, 2.45) is 11.8 Å². The molecule has 2 unspecified atom stereocenters. The number of amides is 2. The van der Waals surface area contributed by atoms with Crippen molar-refractivity contribution >= 4 is 23.5 Å². The third-order valence-electron chi connectivity index (χ3n) is 8.54. The Bertz CT molecular complexity index is 1280. The van der Waals surface area contributed by atoms with Gasteiger partial charge in [-0.15, -0.1) is 0 Å². The monoisotopic (exact) mass is 507 g/mol. The van der Waals surface area contributed by atoms with E-state index in [1.54, 1.807) is 24.3 Å². The number of anilines is 1. The van der Waals surface area contributed by atoms with Crippen LogP contribution in [-0.2, 0) is 14.3 Å². The Labute approximate surface area is 223 Å². The Kier molecular flexibility index (Phi) is 6.61. The van der Waals surface area contributed by atoms with Crippen LogP contribution in [0.25, 0.3) is 0 Å². The summed E-state index contributed by atoms with van der Waals surface area (Å²) in [5.74, 6) is -2.25. The first-order chi connectivity index (χ1) is 18.6. The van der Waals surface area contributed by atoms with Crippen molar-refractivity contribution in [2.45, 2.75) is 57.3 Å². The van der Waals surface area contributed by atoms with Gasteiger partial charge < -0.3 is 4.74 Å². The molecule has 194 valence electrons. The van der Waals surface area contributed by atoms with E-state index in [0.29, 0.717) is 12.3 Å². The van der Waals surface area contributed by atoms with Crippen molar-refractivity contribution in [3.8, 4) is 0 Å². The van der Waals surface area contributed by atoms with Crippen molar-refractivity contribution < 1.29 is 19.1 Å². The molecule has 2 amide bonds. The van der Waals surface area contributed by atoms with Crippen LogP contribution in [0, 0.1) is 11.8 Å². The number of nitrogens with zero attached hydrogens (tertiary/aromatic N) is 1. The van der Waals surface area contributed by atoms with Crippen molar-refractivity contribution in [3.05, 3.63) is 101 Å². The molecule has 0 saturated carbocycles. The quantitative estimate of drug-likeness (QED) is 0.186. The van der Waals surface area contributed by atoms with Gasteiger partial charge in [0.05, 0.1) is 29.7 Å². The topological polar surface area (TPSA) is 63.7 Å². The number of rotatable bonds is 9. The molecular weight excluding hydrogens is 474 g/mol. The second-order valence-corrected chi connectivity index (χ2v) is 10.7. The molecule has 1 aliphatic heterocycles. The number of para-hydroxylation sites is 1. The van der Waals surface area contributed by atoms with Crippen molar-refractivity contribution in [1.29, 1.82) is 0 Å². The number of ether oxygens (including phenoxy) is 1. The third kappa shape index (κ3) is 3.87. The Hall–Kier alpha value is -3.73. The molecule has 2 atom stereocenters. The second kappa shape index (κ2) is 10.2. The van der Waals surface area contributed by atoms with E-state index in [1.807, 2.05) is 24.3 Å². The zero-order valence-electron chi connectivity index (χ0n) is 21.8. The molecule has 0 radical (unpaired) electrons. The maximum absolute atomic E-state index is 14.1. The fourth-order valence-corrected chi connectivity index (χ4v) is 6.88. The highest BCUT2D eigenvalue weighted by Crippen LogP contribution is 2.61. The molecule has 1 fully saturated rings. The number of unbranched alkanes of at least 4 members (excludes halogenated alkanes) is 5. The average molecular weight is 508 g/mol. The van der Waals surface area contributed by atoms with E-state index >= 15 is 0 Å². The lowest BCUT2D eigenvalue weighted by molar-refractivity contribution is -0.122. The van der Waals surface area contributed by atoms with Gasteiger partial charge in [-0.3, -0.25) is 9.59 Å². The molecule has 5 nitrogen and oxygen atoms in total. The molecule has 0 aromatic heterocycles. The molecule has 5 heteroatoms. The Balaban J connectivity index is 1.28. The summed E-state index contributed by atoms with van der Waals surface area (Å²) in [5, 5.41) is 0. The van der Waals surface area contributed by atoms with Gasteiger partial charge in [0.1, 0.15) is 0 Å². The van der Waals surface area contributed by atoms with Gasteiger partial charge in [0.2, 0.25) is 11.8 Å². The Morgan fingerprint density at radius 2 is 1.16 bits per heavy atom. The van der Waals surface area contributed by atoms with Crippen molar-refractivity contribution in [3.63, 3.8) is 0 Å². The van der Waals surface area contributed by atoms with E-state index in [2.05, 4.69) is 31.2 Å². The van der Waals surface area contributed by atoms with E-state index in [4.69, 9.17) is 4.74 Å². The first-order valence-electron chi connectivity index (χ1n) is 13.9. The van der Waals surface area contributed by atoms with E-state index in [-0.39, 0.29) is 29.2 Å². The molecule has 38 heavy (non-hydrogen) atoms. The van der Waals surface area contributed by atoms with E-state index in [1.165, 1.54) is 24.2 Å². The van der Waals surface area contributed by atoms with Crippen LogP contribution in [0.15, 0.2) is 72.8 Å². The zero-order valence-corrected chi connectivity index (χ0v) is 21.8. The van der Waals surface area contributed by atoms with Crippen LogP contribution in [0.2, 0.25) is 0 Å². The molecule has 7 rings (SSSR count). The molecule has 1 heterocycles. The summed E-state index contributed by atoms with van der Waals surface area (Å²) in [7, 11) is 0. The van der Waals surface area contributed by atoms with Crippen LogP contribution < -0.4 is 4.90 Å². The lowest BCUT2D eigenvalue weighted by atomic mass is 9.55. The fraction of sp³-hybridized carbons (Fsp3) is 0.364. The van der Waals surface area contributed by atoms with Gasteiger partial charge >= 0.3 is 5.97 Å². The Morgan fingerprint density at radius 3 is 1.71 bits per heavy atom. The summed E-state index contributed by atoms with van der Waals surface area (Å²) in [6, 6.07) is 23.2. The molecule has 0 spiro atoms. The number of carbonyl (C=O) groups is 3. The molecule has 4 aliphatic rings. The number of hydrogen-bond donors (Lipinski definition) is 0. The molecule has 3 aliphatic carbocycles. The van der Waals surface area contributed by atoms with Gasteiger partial charge in [-0.2, -0.15) is 0 Å². The number of hydrogen-bond acceptors (Lipinski definition) is 4. The summed E-state index contributed by atoms with van der Waals surface area (Å²) in [6.45, 7) is 2.52. The third-order valence-corrected chi connectivity index (χ3v) is 8.54. The van der Waals surface area contributed by atoms with Crippen LogP contribution in [0.4, 0.5) is 5.69 Å². The molecule has 3 aromatic rings. The first-order valence-corrected chi connectivity index (χ1v) is 13.9. The standard InChI is InChI=1S/C33H33NO4/c1-2-3-4-5-6-13-20-38-33(37)25-18-11-12-19-26(25)34-31(35)29-27-21-14-7-8-15-22(21)28(30(29)32(34)36)24-17-10-9-16-23(24)27/h7-12,14-19,27-30H,2-6,13,20H2,1H3. The maximum Gasteiger partial charge on any atom is 0.340 e. The van der Waals surface area contributed by atoms with Gasteiger partial charge in [0.15, 0.2) is 0 Å². The van der Waals surface area contributed by atoms with Gasteiger partial charge in [-0.25, -0.2) is 9.69 Å². The van der Waals surface area contributed by atoms with Gasteiger partial charge in [0, 0.05) is 11.8 Å². The smallest absolute Gasteiger partial charge is 0.340 e. The Morgan fingerprint density at radius 1 is 0.684 bits per heavy atom. The minimum atomic E-state index is -0.487. The second-order valence-electron chi connectivity index (χ2n) is 10.7. The van der Waals surface area contributed by atoms with E-state index < -0.39 is 17.8 Å². The highest BCUT2D eigenvalue weighted by Gasteiger charge is 2.62. The molecule has 0 N–H and O–H groups in total. The summed E-state index contributed by atoms with van der Waals surface area (Å²) >= 11 is 0. The van der Waals surface area contributed by atoms with Crippen molar-refractivity contribution in [1.82, 2.24) is 0 Å². The number of imide groups is 1. The van der Waals surface area contributed by atoms with Gasteiger partial charge in [-0.1, -0.05) is 99.7 Å². The van der Waals surface area contributed by atoms with Crippen LogP contribution in [-0.4, -0.2) is 24.4 Å². The predicted octanol–water partition coefficient (Wildman–Crippen LogP) is 6.60. The largest absolute Gasteiger partial charge is 0.462 e. The minimum Gasteiger partial charge on any atom is -0.462 e. The number of esters is 1. The highest BCUT2D eigenvalue weighted by molar-refractivity contribution is 6.25. The number of benzene rings is 3. The van der Waals surface area contributed by atoms with Crippen LogP contribution >= 0.6 is 0 Å². The summed E-state index contributed by atoms with van der Waals surface area (Å²) in [6.07, 6.45) is 6.58. The first kappa shape index (κ1) is 24.6. The maximum atomic E-state index is 14.1. The van der Waals surface area contributed by atoms with Crippen LogP contribution in [0.3, 0.4) is 0 Å². The van der Waals surface area contributed by atoms with Crippen LogP contribution in [0.5, 0.6) is 0 Å². The predicted molar refractivity (Wildman–Crippen MR) is 146 cm³/mol. The zero-order chi connectivity index (χ0) is 26.2. The normalized spacial score (nSPS) is 22.7. The lowest BCUT2D eigenvalue weighted by Crippen LogP contribution is -2.41. The van der Waals surface area contributed by atoms with Crippen molar-refractivity contribution in [2.75, 3.05) is 11.5 Å². The van der Waals surface area contributed by atoms with Crippen LogP contribution in [0.1, 0.15) is 89.9 Å². The number of carbonyl (C=O) groups excluding carboxylic acids is 3. The van der Waals surface area contributed by atoms with Gasteiger partial charge in [0.25, 0.3) is 0 Å². The SMILES string of the molecule is CCCCCCCCOC(=O)c1ccccc1N1C(=O)C2C3c4ccccc4C(c4ccccc43)C2C1=O. The molecular formula is C33H33NO4. The minimum absolute atomic E-state index is 0.175. The van der Waals surface area contributed by atoms with E-state index in [0.717, 1.165) is 41.5 Å². The average Bonchev–Trinajstić information content (AvgIpc) is 3.22.